The lowest BCUT2D eigenvalue weighted by Gasteiger charge is -2.20. The highest BCUT2D eigenvalue weighted by Crippen LogP contribution is 2.33. The summed E-state index contributed by atoms with van der Waals surface area (Å²) in [5.74, 6) is -1.16. The number of rotatable bonds is 7. The van der Waals surface area contributed by atoms with Crippen molar-refractivity contribution in [2.24, 2.45) is 7.05 Å². The minimum Gasteiger partial charge on any atom is -0.478 e. The number of hydrogen-bond acceptors (Lipinski definition) is 3. The first-order chi connectivity index (χ1) is 16.3. The molecular weight excluding hydrogens is 426 g/mol. The zero-order valence-corrected chi connectivity index (χ0v) is 19.1. The van der Waals surface area contributed by atoms with E-state index in [0.717, 1.165) is 27.8 Å². The first kappa shape index (κ1) is 22.9. The zero-order valence-electron chi connectivity index (χ0n) is 19.1. The number of ketones is 1. The molecule has 1 atom stereocenters. The van der Waals surface area contributed by atoms with E-state index in [1.54, 1.807) is 37.5 Å². The molecule has 5 heteroatoms. The molecule has 1 N–H and O–H groups in total. The number of Topliss-reactive ketones (excluding diaryl/α,β-unsaturated/α-hetero) is 1. The molecule has 170 valence electrons. The third kappa shape index (κ3) is 4.89. The Morgan fingerprint density at radius 1 is 0.853 bits per heavy atom. The van der Waals surface area contributed by atoms with Gasteiger partial charge in [0.05, 0.1) is 5.56 Å². The van der Waals surface area contributed by atoms with Crippen molar-refractivity contribution in [3.8, 4) is 11.1 Å². The van der Waals surface area contributed by atoms with Gasteiger partial charge < -0.3 is 9.67 Å². The minimum absolute atomic E-state index is 0.0397. The van der Waals surface area contributed by atoms with Crippen LogP contribution in [0.1, 0.15) is 49.7 Å². The molecule has 0 saturated heterocycles. The molecule has 34 heavy (non-hydrogen) atoms. The lowest BCUT2D eigenvalue weighted by Crippen LogP contribution is -2.17. The Labute approximate surface area is 198 Å². The number of carboxylic acids is 1. The van der Waals surface area contributed by atoms with Crippen molar-refractivity contribution in [3.63, 3.8) is 0 Å². The molecule has 0 aliphatic rings. The van der Waals surface area contributed by atoms with Crippen LogP contribution in [0.25, 0.3) is 11.1 Å². The normalized spacial score (nSPS) is 11.7. The molecule has 0 fully saturated rings. The zero-order chi connectivity index (χ0) is 24.2. The molecule has 4 aromatic rings. The molecule has 0 aliphatic heterocycles. The van der Waals surface area contributed by atoms with Crippen molar-refractivity contribution in [1.82, 2.24) is 4.57 Å². The van der Waals surface area contributed by atoms with Gasteiger partial charge in [-0.2, -0.15) is 0 Å². The number of carbonyl (C=O) groups is 2. The predicted octanol–water partition coefficient (Wildman–Crippen LogP) is 5.46. The number of nitrogens with zero attached hydrogens (tertiary/aromatic N) is 1. The molecule has 1 unspecified atom stereocenters. The Morgan fingerprint density at radius 3 is 2.26 bits per heavy atom. The van der Waals surface area contributed by atoms with Crippen molar-refractivity contribution in [2.45, 2.75) is 19.3 Å². The van der Waals surface area contributed by atoms with Gasteiger partial charge in [0, 0.05) is 37.2 Å². The molecule has 0 amide bonds. The van der Waals surface area contributed by atoms with Gasteiger partial charge in [0.15, 0.2) is 5.78 Å². The average molecular weight is 452 g/mol. The second-order valence-electron chi connectivity index (χ2n) is 8.41. The molecule has 0 saturated carbocycles. The monoisotopic (exact) mass is 451 g/mol. The Balaban J connectivity index is 1.69. The quantitative estimate of drug-likeness (QED) is 0.378. The van der Waals surface area contributed by atoms with Crippen LogP contribution in [0.5, 0.6) is 0 Å². The Bertz CT molecular complexity index is 1420. The van der Waals surface area contributed by atoms with E-state index in [-0.39, 0.29) is 29.2 Å². The van der Waals surface area contributed by atoms with Gasteiger partial charge in [0.2, 0.25) is 5.56 Å². The second-order valence-corrected chi connectivity index (χ2v) is 8.41. The molecule has 0 spiro atoms. The van der Waals surface area contributed by atoms with E-state index in [1.165, 1.54) is 10.6 Å². The summed E-state index contributed by atoms with van der Waals surface area (Å²) >= 11 is 0. The van der Waals surface area contributed by atoms with Crippen LogP contribution < -0.4 is 5.56 Å². The maximum absolute atomic E-state index is 13.2. The summed E-state index contributed by atoms with van der Waals surface area (Å²) in [7, 11) is 1.63. The fourth-order valence-electron chi connectivity index (χ4n) is 4.19. The largest absolute Gasteiger partial charge is 0.478 e. The van der Waals surface area contributed by atoms with E-state index in [4.69, 9.17) is 0 Å². The molecule has 5 nitrogen and oxygen atoms in total. The summed E-state index contributed by atoms with van der Waals surface area (Å²) in [6, 6.07) is 25.7. The Morgan fingerprint density at radius 2 is 1.59 bits per heavy atom. The summed E-state index contributed by atoms with van der Waals surface area (Å²) in [5.41, 5.74) is 5.46. The van der Waals surface area contributed by atoms with Gasteiger partial charge in [-0.25, -0.2) is 4.79 Å². The van der Waals surface area contributed by atoms with Crippen LogP contribution in [0.2, 0.25) is 0 Å². The number of carboxylic acid groups (broad SMARTS) is 1. The maximum atomic E-state index is 13.2. The lowest BCUT2D eigenvalue weighted by atomic mass is 9.83. The first-order valence-electron chi connectivity index (χ1n) is 11.0. The van der Waals surface area contributed by atoms with Crippen molar-refractivity contribution in [3.05, 3.63) is 129 Å². The number of aryl methyl sites for hydroxylation is 2. The molecule has 0 radical (unpaired) electrons. The topological polar surface area (TPSA) is 76.4 Å². The van der Waals surface area contributed by atoms with E-state index < -0.39 is 5.97 Å². The molecular formula is C29H25NO4. The number of carbonyl (C=O) groups excluding carboxylic acids is 1. The van der Waals surface area contributed by atoms with Crippen LogP contribution in [0.15, 0.2) is 95.9 Å². The maximum Gasteiger partial charge on any atom is 0.335 e. The number of benzene rings is 3. The van der Waals surface area contributed by atoms with Crippen LogP contribution in [-0.4, -0.2) is 21.4 Å². The van der Waals surface area contributed by atoms with Gasteiger partial charge in [0.1, 0.15) is 0 Å². The van der Waals surface area contributed by atoms with Crippen LogP contribution in [0.4, 0.5) is 0 Å². The third-order valence-corrected chi connectivity index (χ3v) is 6.12. The summed E-state index contributed by atoms with van der Waals surface area (Å²) in [6.07, 6.45) is 1.84. The predicted molar refractivity (Wildman–Crippen MR) is 132 cm³/mol. The Kier molecular flexibility index (Phi) is 6.55. The average Bonchev–Trinajstić information content (AvgIpc) is 2.85. The van der Waals surface area contributed by atoms with Gasteiger partial charge in [-0.1, -0.05) is 60.7 Å². The smallest absolute Gasteiger partial charge is 0.335 e. The summed E-state index contributed by atoms with van der Waals surface area (Å²) in [6.45, 7) is 2.03. The highest BCUT2D eigenvalue weighted by molar-refractivity contribution is 5.96. The van der Waals surface area contributed by atoms with Gasteiger partial charge >= 0.3 is 5.97 Å². The first-order valence-corrected chi connectivity index (χ1v) is 11.0. The van der Waals surface area contributed by atoms with Crippen molar-refractivity contribution >= 4 is 11.8 Å². The van der Waals surface area contributed by atoms with Crippen LogP contribution >= 0.6 is 0 Å². The summed E-state index contributed by atoms with van der Waals surface area (Å²) < 4.78 is 1.41. The number of aromatic nitrogens is 1. The molecule has 1 heterocycles. The number of aromatic carboxylic acids is 1. The fraction of sp³-hybridized carbons (Fsp3) is 0.138. The van der Waals surface area contributed by atoms with Gasteiger partial charge in [-0.15, -0.1) is 0 Å². The van der Waals surface area contributed by atoms with Gasteiger partial charge in [0.25, 0.3) is 0 Å². The molecule has 4 rings (SSSR count). The van der Waals surface area contributed by atoms with Crippen LogP contribution in [0, 0.1) is 6.92 Å². The standard InChI is InChI=1S/C29H25NO4/c1-19-6-3-4-9-25(19)26(17-27(31)24-14-15-28(32)30(2)18-24)21-12-10-20(11-13-21)22-7-5-8-23(16-22)29(33)34/h3-16,18,26H,17H2,1-2H3,(H,33,34). The molecule has 3 aromatic carbocycles. The van der Waals surface area contributed by atoms with E-state index in [2.05, 4.69) is 0 Å². The van der Waals surface area contributed by atoms with Crippen molar-refractivity contribution < 1.29 is 14.7 Å². The van der Waals surface area contributed by atoms with Crippen molar-refractivity contribution in [2.75, 3.05) is 0 Å². The second kappa shape index (κ2) is 9.71. The number of hydrogen-bond donors (Lipinski definition) is 1. The summed E-state index contributed by atoms with van der Waals surface area (Å²) in [5, 5.41) is 9.28. The molecule has 1 aromatic heterocycles. The van der Waals surface area contributed by atoms with Gasteiger partial charge in [-0.05, 0) is 52.9 Å². The lowest BCUT2D eigenvalue weighted by molar-refractivity contribution is 0.0696. The SMILES string of the molecule is Cc1ccccc1C(CC(=O)c1ccc(=O)n(C)c1)c1ccc(-c2cccc(C(=O)O)c2)cc1. The summed E-state index contributed by atoms with van der Waals surface area (Å²) in [4.78, 5) is 36.3. The van der Waals surface area contributed by atoms with E-state index in [9.17, 15) is 19.5 Å². The number of pyridine rings is 1. The third-order valence-electron chi connectivity index (χ3n) is 6.12. The highest BCUT2D eigenvalue weighted by Gasteiger charge is 2.21. The molecule has 0 aliphatic carbocycles. The molecule has 0 bridgehead atoms. The highest BCUT2D eigenvalue weighted by atomic mass is 16.4. The fourth-order valence-corrected chi connectivity index (χ4v) is 4.19. The van der Waals surface area contributed by atoms with Crippen LogP contribution in [-0.2, 0) is 7.05 Å². The minimum atomic E-state index is -0.963. The van der Waals surface area contributed by atoms with Gasteiger partial charge in [-0.3, -0.25) is 9.59 Å². The van der Waals surface area contributed by atoms with E-state index >= 15 is 0 Å². The van der Waals surface area contributed by atoms with Crippen LogP contribution in [0.3, 0.4) is 0 Å². The van der Waals surface area contributed by atoms with Crippen molar-refractivity contribution in [1.29, 1.82) is 0 Å². The van der Waals surface area contributed by atoms with E-state index in [1.807, 2.05) is 61.5 Å². The Hall–Kier alpha value is -4.25. The van der Waals surface area contributed by atoms with E-state index in [0.29, 0.717) is 5.56 Å².